The van der Waals surface area contributed by atoms with Crippen LogP contribution in [0.2, 0.25) is 0 Å². The summed E-state index contributed by atoms with van der Waals surface area (Å²) < 4.78 is 13.1. The number of carbonyl (C=O) groups excluding carboxylic acids is 1. The van der Waals surface area contributed by atoms with E-state index < -0.39 is 0 Å². The van der Waals surface area contributed by atoms with Crippen LogP contribution < -0.4 is 0 Å². The van der Waals surface area contributed by atoms with Crippen LogP contribution in [0.4, 0.5) is 4.39 Å². The summed E-state index contributed by atoms with van der Waals surface area (Å²) in [4.78, 5) is 13.5. The number of hydrogen-bond donors (Lipinski definition) is 0. The van der Waals surface area contributed by atoms with Crippen molar-refractivity contribution in [2.75, 3.05) is 7.05 Å². The normalized spacial score (nSPS) is 22.3. The molecule has 1 aromatic rings. The van der Waals surface area contributed by atoms with Crippen molar-refractivity contribution in [3.63, 3.8) is 0 Å². The van der Waals surface area contributed by atoms with E-state index in [0.717, 1.165) is 18.4 Å². The molecule has 2 rings (SSSR count). The maximum atomic E-state index is 13.1. The number of carbonyl (C=O) groups is 1. The fourth-order valence-corrected chi connectivity index (χ4v) is 2.28. The first-order valence-corrected chi connectivity index (χ1v) is 6.14. The maximum Gasteiger partial charge on any atom is 0.222 e. The molecule has 0 aromatic heterocycles. The molecule has 17 heavy (non-hydrogen) atoms. The lowest BCUT2D eigenvalue weighted by Crippen LogP contribution is -2.29. The molecule has 1 aliphatic rings. The van der Waals surface area contributed by atoms with Gasteiger partial charge in [-0.25, -0.2) is 4.39 Å². The first-order valence-electron chi connectivity index (χ1n) is 6.14. The molecule has 1 aromatic carbocycles. The number of nitrogens with zero attached hydrogens (tertiary/aromatic N) is 1. The van der Waals surface area contributed by atoms with Crippen molar-refractivity contribution < 1.29 is 9.18 Å². The zero-order chi connectivity index (χ0) is 12.4. The summed E-state index contributed by atoms with van der Waals surface area (Å²) in [6.07, 6.45) is 2.43. The number of hydrogen-bond acceptors (Lipinski definition) is 1. The first-order chi connectivity index (χ1) is 8.13. The van der Waals surface area contributed by atoms with Crippen molar-refractivity contribution in [3.05, 3.63) is 35.6 Å². The zero-order valence-corrected chi connectivity index (χ0v) is 10.3. The largest absolute Gasteiger partial charge is 0.342 e. The highest BCUT2D eigenvalue weighted by Gasteiger charge is 2.42. The number of benzene rings is 1. The van der Waals surface area contributed by atoms with E-state index in [9.17, 15) is 9.18 Å². The predicted octanol–water partition coefficient (Wildman–Crippen LogP) is 2.94. The molecule has 0 spiro atoms. The molecule has 0 N–H and O–H groups in total. The number of amides is 1. The van der Waals surface area contributed by atoms with Crippen LogP contribution >= 0.6 is 0 Å². The van der Waals surface area contributed by atoms with Crippen LogP contribution in [0.25, 0.3) is 0 Å². The fourth-order valence-electron chi connectivity index (χ4n) is 2.28. The van der Waals surface area contributed by atoms with E-state index in [1.165, 1.54) is 6.07 Å². The smallest absolute Gasteiger partial charge is 0.222 e. The summed E-state index contributed by atoms with van der Waals surface area (Å²) >= 11 is 0. The second-order valence-corrected chi connectivity index (χ2v) is 4.72. The molecule has 2 atom stereocenters. The SMILES string of the molecule is CCCC(=O)N(C)C1CC1c1cccc(F)c1. The molecule has 1 saturated carbocycles. The van der Waals surface area contributed by atoms with Crippen molar-refractivity contribution >= 4 is 5.91 Å². The lowest BCUT2D eigenvalue weighted by atomic mass is 10.1. The van der Waals surface area contributed by atoms with Crippen LogP contribution in [0, 0.1) is 5.82 Å². The Labute approximate surface area is 101 Å². The van der Waals surface area contributed by atoms with Gasteiger partial charge in [0.25, 0.3) is 0 Å². The molecule has 0 heterocycles. The van der Waals surface area contributed by atoms with E-state index in [0.29, 0.717) is 12.3 Å². The molecule has 0 bridgehead atoms. The lowest BCUT2D eigenvalue weighted by Gasteiger charge is -2.17. The van der Waals surface area contributed by atoms with E-state index >= 15 is 0 Å². The molecule has 2 nitrogen and oxygen atoms in total. The highest BCUT2D eigenvalue weighted by atomic mass is 19.1. The zero-order valence-electron chi connectivity index (χ0n) is 10.3. The molecule has 0 radical (unpaired) electrons. The van der Waals surface area contributed by atoms with Gasteiger partial charge < -0.3 is 4.90 Å². The van der Waals surface area contributed by atoms with Crippen molar-refractivity contribution in [2.24, 2.45) is 0 Å². The Kier molecular flexibility index (Phi) is 3.46. The Bertz CT molecular complexity index is 418. The molecule has 0 saturated heterocycles. The quantitative estimate of drug-likeness (QED) is 0.785. The number of likely N-dealkylation sites (N-methyl/N-ethyl adjacent to an activating group) is 1. The minimum absolute atomic E-state index is 0.191. The molecule has 1 amide bonds. The van der Waals surface area contributed by atoms with E-state index in [1.54, 1.807) is 12.1 Å². The summed E-state index contributed by atoms with van der Waals surface area (Å²) in [5, 5.41) is 0. The van der Waals surface area contributed by atoms with Crippen LogP contribution in [0.3, 0.4) is 0 Å². The second-order valence-electron chi connectivity index (χ2n) is 4.72. The van der Waals surface area contributed by atoms with E-state index in [-0.39, 0.29) is 17.8 Å². The Morgan fingerprint density at radius 3 is 2.94 bits per heavy atom. The molecular weight excluding hydrogens is 217 g/mol. The third-order valence-corrected chi connectivity index (χ3v) is 3.39. The van der Waals surface area contributed by atoms with Gasteiger partial charge in [0.05, 0.1) is 0 Å². The van der Waals surface area contributed by atoms with Gasteiger partial charge in [-0.05, 0) is 30.5 Å². The first kappa shape index (κ1) is 12.1. The van der Waals surface area contributed by atoms with Gasteiger partial charge >= 0.3 is 0 Å². The van der Waals surface area contributed by atoms with Crippen LogP contribution in [0.5, 0.6) is 0 Å². The van der Waals surface area contributed by atoms with Crippen molar-refractivity contribution in [3.8, 4) is 0 Å². The minimum Gasteiger partial charge on any atom is -0.342 e. The topological polar surface area (TPSA) is 20.3 Å². The average molecular weight is 235 g/mol. The average Bonchev–Trinajstić information content (AvgIpc) is 3.08. The van der Waals surface area contributed by atoms with E-state index in [2.05, 4.69) is 0 Å². The Morgan fingerprint density at radius 2 is 2.29 bits per heavy atom. The summed E-state index contributed by atoms with van der Waals surface area (Å²) in [6.45, 7) is 2.00. The van der Waals surface area contributed by atoms with Gasteiger partial charge in [-0.3, -0.25) is 4.79 Å². The third-order valence-electron chi connectivity index (χ3n) is 3.39. The van der Waals surface area contributed by atoms with E-state index in [1.807, 2.05) is 24.9 Å². The lowest BCUT2D eigenvalue weighted by molar-refractivity contribution is -0.130. The Hall–Kier alpha value is -1.38. The predicted molar refractivity (Wildman–Crippen MR) is 65.2 cm³/mol. The number of rotatable bonds is 4. The van der Waals surface area contributed by atoms with Gasteiger partial charge in [-0.2, -0.15) is 0 Å². The van der Waals surface area contributed by atoms with Gasteiger partial charge in [0, 0.05) is 25.4 Å². The number of halogens is 1. The van der Waals surface area contributed by atoms with Crippen LogP contribution in [-0.4, -0.2) is 23.9 Å². The third kappa shape index (κ3) is 2.65. The second kappa shape index (κ2) is 4.86. The van der Waals surface area contributed by atoms with Gasteiger partial charge in [-0.15, -0.1) is 0 Å². The Morgan fingerprint density at radius 1 is 1.53 bits per heavy atom. The maximum absolute atomic E-state index is 13.1. The molecule has 1 aliphatic carbocycles. The van der Waals surface area contributed by atoms with Gasteiger partial charge in [0.1, 0.15) is 5.82 Å². The highest BCUT2D eigenvalue weighted by molar-refractivity contribution is 5.76. The van der Waals surface area contributed by atoms with Crippen LogP contribution in [0.1, 0.15) is 37.7 Å². The van der Waals surface area contributed by atoms with Gasteiger partial charge in [0.2, 0.25) is 5.91 Å². The summed E-state index contributed by atoms with van der Waals surface area (Å²) in [7, 11) is 1.85. The Balaban J connectivity index is 1.98. The molecule has 92 valence electrons. The van der Waals surface area contributed by atoms with Crippen molar-refractivity contribution in [2.45, 2.75) is 38.1 Å². The minimum atomic E-state index is -0.198. The molecule has 1 fully saturated rings. The monoisotopic (exact) mass is 235 g/mol. The summed E-state index contributed by atoms with van der Waals surface area (Å²) in [5.74, 6) is 0.309. The van der Waals surface area contributed by atoms with E-state index in [4.69, 9.17) is 0 Å². The fraction of sp³-hybridized carbons (Fsp3) is 0.500. The summed E-state index contributed by atoms with van der Waals surface area (Å²) in [6, 6.07) is 6.95. The molecular formula is C14H18FNO. The van der Waals surface area contributed by atoms with Gasteiger partial charge in [-0.1, -0.05) is 19.1 Å². The van der Waals surface area contributed by atoms with Crippen LogP contribution in [0.15, 0.2) is 24.3 Å². The summed E-state index contributed by atoms with van der Waals surface area (Å²) in [5.41, 5.74) is 1.01. The van der Waals surface area contributed by atoms with Crippen molar-refractivity contribution in [1.82, 2.24) is 4.90 Å². The molecule has 3 heteroatoms. The standard InChI is InChI=1S/C14H18FNO/c1-3-5-14(17)16(2)13-9-12(13)10-6-4-7-11(15)8-10/h4,6-8,12-13H,3,5,9H2,1-2H3. The van der Waals surface area contributed by atoms with Crippen molar-refractivity contribution in [1.29, 1.82) is 0 Å². The van der Waals surface area contributed by atoms with Crippen LogP contribution in [-0.2, 0) is 4.79 Å². The molecule has 0 aliphatic heterocycles. The molecule has 2 unspecified atom stereocenters. The highest BCUT2D eigenvalue weighted by Crippen LogP contribution is 2.44. The van der Waals surface area contributed by atoms with Gasteiger partial charge in [0.15, 0.2) is 0 Å².